The van der Waals surface area contributed by atoms with Crippen molar-refractivity contribution in [1.29, 1.82) is 0 Å². The second-order valence-electron chi connectivity index (χ2n) is 3.98. The highest BCUT2D eigenvalue weighted by Gasteiger charge is 2.18. The van der Waals surface area contributed by atoms with E-state index in [-0.39, 0.29) is 5.91 Å². The molecule has 0 spiro atoms. The van der Waals surface area contributed by atoms with E-state index >= 15 is 0 Å². The summed E-state index contributed by atoms with van der Waals surface area (Å²) in [7, 11) is 0. The van der Waals surface area contributed by atoms with Gasteiger partial charge in [-0.2, -0.15) is 5.10 Å². The van der Waals surface area contributed by atoms with Gasteiger partial charge in [0.15, 0.2) is 0 Å². The van der Waals surface area contributed by atoms with Gasteiger partial charge < -0.3 is 10.2 Å². The molecule has 0 aliphatic carbocycles. The average Bonchev–Trinajstić information content (AvgIpc) is 2.62. The topological polar surface area (TPSA) is 50.2 Å². The zero-order chi connectivity index (χ0) is 11.4. The van der Waals surface area contributed by atoms with Crippen LogP contribution in [0, 0.1) is 0 Å². The summed E-state index contributed by atoms with van der Waals surface area (Å²) in [5, 5.41) is 7.41. The number of amides is 1. The molecule has 0 aromatic carbocycles. The van der Waals surface area contributed by atoms with Crippen molar-refractivity contribution in [2.24, 2.45) is 0 Å². The largest absolute Gasteiger partial charge is 0.337 e. The van der Waals surface area contributed by atoms with E-state index in [1.807, 2.05) is 18.0 Å². The third-order valence-electron chi connectivity index (χ3n) is 2.83. The minimum atomic E-state index is 0.100. The second kappa shape index (κ2) is 5.12. The highest BCUT2D eigenvalue weighted by molar-refractivity contribution is 5.93. The van der Waals surface area contributed by atoms with Crippen LogP contribution in [0.2, 0.25) is 0 Å². The standard InChI is InChI=1S/C11H18N4O/c1-2-15-9-10(8-13-15)11(16)14-6-3-4-12-5-7-14/h8-9,12H,2-7H2,1H3. The molecule has 0 radical (unpaired) electrons. The van der Waals surface area contributed by atoms with Crippen molar-refractivity contribution in [1.82, 2.24) is 20.0 Å². The first-order chi connectivity index (χ1) is 7.81. The van der Waals surface area contributed by atoms with Crippen LogP contribution in [0.15, 0.2) is 12.4 Å². The molecule has 0 saturated carbocycles. The number of carbonyl (C=O) groups excluding carboxylic acids is 1. The minimum absolute atomic E-state index is 0.100. The number of carbonyl (C=O) groups is 1. The molecule has 88 valence electrons. The van der Waals surface area contributed by atoms with Gasteiger partial charge in [0.25, 0.3) is 5.91 Å². The number of nitrogens with zero attached hydrogens (tertiary/aromatic N) is 3. The Morgan fingerprint density at radius 1 is 1.50 bits per heavy atom. The zero-order valence-electron chi connectivity index (χ0n) is 9.65. The van der Waals surface area contributed by atoms with E-state index in [9.17, 15) is 4.79 Å². The van der Waals surface area contributed by atoms with Crippen molar-refractivity contribution in [3.8, 4) is 0 Å². The van der Waals surface area contributed by atoms with Crippen LogP contribution in [0.25, 0.3) is 0 Å². The first-order valence-corrected chi connectivity index (χ1v) is 5.83. The molecule has 1 N–H and O–H groups in total. The van der Waals surface area contributed by atoms with Crippen molar-refractivity contribution in [3.63, 3.8) is 0 Å². The van der Waals surface area contributed by atoms with Crippen LogP contribution < -0.4 is 5.32 Å². The number of rotatable bonds is 2. The van der Waals surface area contributed by atoms with Crippen LogP contribution in [0.1, 0.15) is 23.7 Å². The van der Waals surface area contributed by atoms with E-state index in [4.69, 9.17) is 0 Å². The van der Waals surface area contributed by atoms with Gasteiger partial charge in [0.1, 0.15) is 0 Å². The van der Waals surface area contributed by atoms with E-state index in [2.05, 4.69) is 10.4 Å². The molecule has 1 aliphatic rings. The molecule has 2 rings (SSSR count). The average molecular weight is 222 g/mol. The molecule has 1 aromatic rings. The lowest BCUT2D eigenvalue weighted by molar-refractivity contribution is 0.0766. The number of hydrogen-bond donors (Lipinski definition) is 1. The summed E-state index contributed by atoms with van der Waals surface area (Å²) in [6.45, 7) is 6.32. The van der Waals surface area contributed by atoms with Crippen LogP contribution in [0.4, 0.5) is 0 Å². The Hall–Kier alpha value is -1.36. The Balaban J connectivity index is 2.05. The Kier molecular flexibility index (Phi) is 3.56. The lowest BCUT2D eigenvalue weighted by Gasteiger charge is -2.18. The molecular formula is C11H18N4O. The summed E-state index contributed by atoms with van der Waals surface area (Å²) in [4.78, 5) is 14.0. The molecule has 0 unspecified atom stereocenters. The molecule has 16 heavy (non-hydrogen) atoms. The third-order valence-corrected chi connectivity index (χ3v) is 2.83. The minimum Gasteiger partial charge on any atom is -0.337 e. The highest BCUT2D eigenvalue weighted by atomic mass is 16.2. The first kappa shape index (κ1) is 11.1. The van der Waals surface area contributed by atoms with Crippen molar-refractivity contribution in [2.75, 3.05) is 26.2 Å². The molecule has 2 heterocycles. The van der Waals surface area contributed by atoms with Gasteiger partial charge in [0.2, 0.25) is 0 Å². The summed E-state index contributed by atoms with van der Waals surface area (Å²) in [5.74, 6) is 0.100. The molecule has 0 bridgehead atoms. The van der Waals surface area contributed by atoms with Crippen LogP contribution >= 0.6 is 0 Å². The molecule has 1 fully saturated rings. The fraction of sp³-hybridized carbons (Fsp3) is 0.636. The lowest BCUT2D eigenvalue weighted by Crippen LogP contribution is -2.33. The van der Waals surface area contributed by atoms with E-state index in [0.717, 1.165) is 39.1 Å². The van der Waals surface area contributed by atoms with Gasteiger partial charge in [-0.25, -0.2) is 0 Å². The van der Waals surface area contributed by atoms with Crippen LogP contribution in [0.3, 0.4) is 0 Å². The Morgan fingerprint density at radius 2 is 2.38 bits per heavy atom. The van der Waals surface area contributed by atoms with E-state index in [0.29, 0.717) is 5.56 Å². The van der Waals surface area contributed by atoms with E-state index in [1.165, 1.54) is 0 Å². The summed E-state index contributed by atoms with van der Waals surface area (Å²) in [5.41, 5.74) is 0.698. The lowest BCUT2D eigenvalue weighted by atomic mass is 10.3. The second-order valence-corrected chi connectivity index (χ2v) is 3.98. The van der Waals surface area contributed by atoms with Gasteiger partial charge in [-0.3, -0.25) is 9.48 Å². The van der Waals surface area contributed by atoms with Gasteiger partial charge >= 0.3 is 0 Å². The maximum Gasteiger partial charge on any atom is 0.257 e. The van der Waals surface area contributed by atoms with Gasteiger partial charge in [-0.1, -0.05) is 0 Å². The van der Waals surface area contributed by atoms with Gasteiger partial charge in [-0.05, 0) is 19.9 Å². The van der Waals surface area contributed by atoms with Gasteiger partial charge in [0.05, 0.1) is 11.8 Å². The molecule has 5 heteroatoms. The van der Waals surface area contributed by atoms with Crippen molar-refractivity contribution in [3.05, 3.63) is 18.0 Å². The number of hydrogen-bond acceptors (Lipinski definition) is 3. The molecular weight excluding hydrogens is 204 g/mol. The summed E-state index contributed by atoms with van der Waals surface area (Å²) >= 11 is 0. The number of nitrogens with one attached hydrogen (secondary N) is 1. The maximum absolute atomic E-state index is 12.1. The normalized spacial score (nSPS) is 17.2. The molecule has 5 nitrogen and oxygen atoms in total. The van der Waals surface area contributed by atoms with Crippen molar-refractivity contribution in [2.45, 2.75) is 19.9 Å². The van der Waals surface area contributed by atoms with Gasteiger partial charge in [-0.15, -0.1) is 0 Å². The van der Waals surface area contributed by atoms with E-state index in [1.54, 1.807) is 10.9 Å². The summed E-state index contributed by atoms with van der Waals surface area (Å²) < 4.78 is 1.78. The predicted octanol–water partition coefficient (Wildman–Crippen LogP) is 0.338. The van der Waals surface area contributed by atoms with Crippen molar-refractivity contribution < 1.29 is 4.79 Å². The smallest absolute Gasteiger partial charge is 0.257 e. The number of aryl methyl sites for hydroxylation is 1. The molecule has 0 atom stereocenters. The summed E-state index contributed by atoms with van der Waals surface area (Å²) in [6.07, 6.45) is 4.50. The summed E-state index contributed by atoms with van der Waals surface area (Å²) in [6, 6.07) is 0. The van der Waals surface area contributed by atoms with E-state index < -0.39 is 0 Å². The first-order valence-electron chi connectivity index (χ1n) is 5.83. The molecule has 1 amide bonds. The Morgan fingerprint density at radius 3 is 3.12 bits per heavy atom. The van der Waals surface area contributed by atoms with Crippen LogP contribution in [-0.2, 0) is 6.54 Å². The maximum atomic E-state index is 12.1. The fourth-order valence-corrected chi connectivity index (χ4v) is 1.88. The monoisotopic (exact) mass is 222 g/mol. The number of aromatic nitrogens is 2. The SMILES string of the molecule is CCn1cc(C(=O)N2CCCNCC2)cn1. The third kappa shape index (κ3) is 2.41. The Bertz CT molecular complexity index is 353. The van der Waals surface area contributed by atoms with Gasteiger partial charge in [0, 0.05) is 32.4 Å². The van der Waals surface area contributed by atoms with Crippen molar-refractivity contribution >= 4 is 5.91 Å². The quantitative estimate of drug-likeness (QED) is 0.785. The van der Waals surface area contributed by atoms with Crippen LogP contribution in [-0.4, -0.2) is 46.8 Å². The fourth-order valence-electron chi connectivity index (χ4n) is 1.88. The molecule has 1 aliphatic heterocycles. The molecule has 1 aromatic heterocycles. The zero-order valence-corrected chi connectivity index (χ0v) is 9.65. The highest BCUT2D eigenvalue weighted by Crippen LogP contribution is 2.05. The molecule has 1 saturated heterocycles. The predicted molar refractivity (Wildman–Crippen MR) is 61.3 cm³/mol. The van der Waals surface area contributed by atoms with Crippen LogP contribution in [0.5, 0.6) is 0 Å². The Labute approximate surface area is 95.4 Å².